The van der Waals surface area contributed by atoms with E-state index < -0.39 is 0 Å². The molecule has 1 aliphatic heterocycles. The van der Waals surface area contributed by atoms with E-state index in [2.05, 4.69) is 42.5 Å². The Bertz CT molecular complexity index is 583. The molecule has 0 amide bonds. The van der Waals surface area contributed by atoms with Crippen LogP contribution in [0.3, 0.4) is 0 Å². The number of fused-ring (bicyclic) bond motifs is 1. The average Bonchev–Trinajstić information content (AvgIpc) is 2.51. The highest BCUT2D eigenvalue weighted by Crippen LogP contribution is 2.61. The fourth-order valence-electron chi connectivity index (χ4n) is 4.16. The van der Waals surface area contributed by atoms with Gasteiger partial charge < -0.3 is 4.74 Å². The standard InChI is InChI=1S/C18H19NO/c1-2-6-14(7-3-1)16-12-15-13-20-11-9-18(15,16)17-8-4-5-10-19-17/h1-8,10,15-16H,9,11-13H2/t15-,16+,18-/m0/s1. The van der Waals surface area contributed by atoms with Crippen LogP contribution in [0.15, 0.2) is 54.7 Å². The zero-order valence-corrected chi connectivity index (χ0v) is 11.5. The van der Waals surface area contributed by atoms with Crippen molar-refractivity contribution in [1.29, 1.82) is 0 Å². The maximum atomic E-state index is 5.71. The van der Waals surface area contributed by atoms with E-state index in [1.165, 1.54) is 17.7 Å². The third-order valence-electron chi connectivity index (χ3n) is 5.19. The summed E-state index contributed by atoms with van der Waals surface area (Å²) in [4.78, 5) is 4.70. The van der Waals surface area contributed by atoms with E-state index >= 15 is 0 Å². The molecule has 1 aromatic heterocycles. The maximum absolute atomic E-state index is 5.71. The molecule has 2 nitrogen and oxygen atoms in total. The molecule has 0 spiro atoms. The highest BCUT2D eigenvalue weighted by atomic mass is 16.5. The Kier molecular flexibility index (Phi) is 2.85. The second-order valence-electron chi connectivity index (χ2n) is 5.98. The highest BCUT2D eigenvalue weighted by molar-refractivity contribution is 5.37. The van der Waals surface area contributed by atoms with Crippen molar-refractivity contribution in [1.82, 2.24) is 4.98 Å². The highest BCUT2D eigenvalue weighted by Gasteiger charge is 2.58. The maximum Gasteiger partial charge on any atom is 0.0503 e. The van der Waals surface area contributed by atoms with Crippen molar-refractivity contribution < 1.29 is 4.74 Å². The summed E-state index contributed by atoms with van der Waals surface area (Å²) < 4.78 is 5.71. The Hall–Kier alpha value is -1.67. The molecule has 2 aliphatic rings. The summed E-state index contributed by atoms with van der Waals surface area (Å²) >= 11 is 0. The summed E-state index contributed by atoms with van der Waals surface area (Å²) in [6, 6.07) is 17.2. The number of pyridine rings is 1. The van der Waals surface area contributed by atoms with Crippen LogP contribution in [0.5, 0.6) is 0 Å². The average molecular weight is 265 g/mol. The summed E-state index contributed by atoms with van der Waals surface area (Å²) in [6.45, 7) is 1.75. The largest absolute Gasteiger partial charge is 0.381 e. The first kappa shape index (κ1) is 12.1. The Morgan fingerprint density at radius 2 is 1.90 bits per heavy atom. The Morgan fingerprint density at radius 3 is 2.65 bits per heavy atom. The molecular formula is C18H19NO. The van der Waals surface area contributed by atoms with Gasteiger partial charge in [-0.3, -0.25) is 4.98 Å². The molecule has 1 aromatic carbocycles. The number of benzene rings is 1. The minimum absolute atomic E-state index is 0.195. The lowest BCUT2D eigenvalue weighted by molar-refractivity contribution is -0.0751. The van der Waals surface area contributed by atoms with E-state index in [4.69, 9.17) is 9.72 Å². The lowest BCUT2D eigenvalue weighted by Crippen LogP contribution is -2.56. The molecule has 2 heterocycles. The van der Waals surface area contributed by atoms with Crippen molar-refractivity contribution in [3.63, 3.8) is 0 Å². The van der Waals surface area contributed by atoms with Crippen LogP contribution < -0.4 is 0 Å². The summed E-state index contributed by atoms with van der Waals surface area (Å²) in [5.41, 5.74) is 2.91. The van der Waals surface area contributed by atoms with Crippen molar-refractivity contribution in [2.24, 2.45) is 5.92 Å². The third kappa shape index (κ3) is 1.64. The molecule has 0 unspecified atom stereocenters. The normalized spacial score (nSPS) is 32.2. The van der Waals surface area contributed by atoms with E-state index in [0.717, 1.165) is 19.6 Å². The SMILES string of the molecule is c1ccc([C@H]2C[C@H]3COCC[C@]32c2ccccn2)cc1. The summed E-state index contributed by atoms with van der Waals surface area (Å²) in [5.74, 6) is 1.21. The van der Waals surface area contributed by atoms with Crippen LogP contribution in [-0.2, 0) is 10.2 Å². The third-order valence-corrected chi connectivity index (χ3v) is 5.19. The number of nitrogens with zero attached hydrogens (tertiary/aromatic N) is 1. The van der Waals surface area contributed by atoms with E-state index in [-0.39, 0.29) is 5.41 Å². The molecule has 20 heavy (non-hydrogen) atoms. The smallest absolute Gasteiger partial charge is 0.0503 e. The second-order valence-corrected chi connectivity index (χ2v) is 5.98. The minimum atomic E-state index is 0.195. The quantitative estimate of drug-likeness (QED) is 0.828. The van der Waals surface area contributed by atoms with Gasteiger partial charge in [-0.05, 0) is 42.4 Å². The number of hydrogen-bond donors (Lipinski definition) is 0. The molecule has 1 aliphatic carbocycles. The molecule has 0 N–H and O–H groups in total. The van der Waals surface area contributed by atoms with Crippen LogP contribution in [0.25, 0.3) is 0 Å². The van der Waals surface area contributed by atoms with Gasteiger partial charge in [0.2, 0.25) is 0 Å². The minimum Gasteiger partial charge on any atom is -0.381 e. The molecular weight excluding hydrogens is 246 g/mol. The lowest BCUT2D eigenvalue weighted by atomic mass is 9.48. The number of rotatable bonds is 2. The van der Waals surface area contributed by atoms with Crippen LogP contribution in [0.2, 0.25) is 0 Å². The number of aromatic nitrogens is 1. The molecule has 4 rings (SSSR count). The van der Waals surface area contributed by atoms with Crippen LogP contribution in [0, 0.1) is 5.92 Å². The van der Waals surface area contributed by atoms with Gasteiger partial charge >= 0.3 is 0 Å². The van der Waals surface area contributed by atoms with Gasteiger partial charge in [0.25, 0.3) is 0 Å². The zero-order chi connectivity index (χ0) is 13.4. The molecule has 0 bridgehead atoms. The first-order chi connectivity index (χ1) is 9.91. The number of hydrogen-bond acceptors (Lipinski definition) is 2. The van der Waals surface area contributed by atoms with Crippen molar-refractivity contribution >= 4 is 0 Å². The van der Waals surface area contributed by atoms with Crippen molar-refractivity contribution in [3.05, 3.63) is 66.0 Å². The molecule has 2 fully saturated rings. The molecule has 102 valence electrons. The van der Waals surface area contributed by atoms with Gasteiger partial charge in [0.1, 0.15) is 0 Å². The molecule has 0 radical (unpaired) electrons. The molecule has 2 heteroatoms. The van der Waals surface area contributed by atoms with E-state index in [0.29, 0.717) is 11.8 Å². The zero-order valence-electron chi connectivity index (χ0n) is 11.5. The lowest BCUT2D eigenvalue weighted by Gasteiger charge is -2.58. The van der Waals surface area contributed by atoms with Gasteiger partial charge in [0.15, 0.2) is 0 Å². The Morgan fingerprint density at radius 1 is 1.05 bits per heavy atom. The van der Waals surface area contributed by atoms with Crippen molar-refractivity contribution in [2.75, 3.05) is 13.2 Å². The van der Waals surface area contributed by atoms with Gasteiger partial charge in [-0.1, -0.05) is 36.4 Å². The molecule has 3 atom stereocenters. The molecule has 1 saturated carbocycles. The van der Waals surface area contributed by atoms with Gasteiger partial charge in [-0.2, -0.15) is 0 Å². The topological polar surface area (TPSA) is 22.1 Å². The van der Waals surface area contributed by atoms with Crippen LogP contribution in [0.1, 0.15) is 30.0 Å². The first-order valence-corrected chi connectivity index (χ1v) is 7.45. The van der Waals surface area contributed by atoms with Crippen LogP contribution in [-0.4, -0.2) is 18.2 Å². The van der Waals surface area contributed by atoms with Crippen LogP contribution >= 0.6 is 0 Å². The van der Waals surface area contributed by atoms with E-state index in [9.17, 15) is 0 Å². The Labute approximate surface area is 119 Å². The predicted octanol–water partition coefficient (Wildman–Crippen LogP) is 3.54. The van der Waals surface area contributed by atoms with Gasteiger partial charge in [-0.15, -0.1) is 0 Å². The predicted molar refractivity (Wildman–Crippen MR) is 78.6 cm³/mol. The second kappa shape index (κ2) is 4.71. The van der Waals surface area contributed by atoms with Gasteiger partial charge in [0.05, 0.1) is 6.61 Å². The van der Waals surface area contributed by atoms with Crippen LogP contribution in [0.4, 0.5) is 0 Å². The summed E-state index contributed by atoms with van der Waals surface area (Å²) in [5, 5.41) is 0. The van der Waals surface area contributed by atoms with Crippen molar-refractivity contribution in [2.45, 2.75) is 24.2 Å². The fraction of sp³-hybridized carbons (Fsp3) is 0.389. The molecule has 1 saturated heterocycles. The monoisotopic (exact) mass is 265 g/mol. The summed E-state index contributed by atoms with van der Waals surface area (Å²) in [7, 11) is 0. The van der Waals surface area contributed by atoms with Gasteiger partial charge in [0, 0.05) is 23.9 Å². The fourth-order valence-corrected chi connectivity index (χ4v) is 4.16. The van der Waals surface area contributed by atoms with Crippen molar-refractivity contribution in [3.8, 4) is 0 Å². The van der Waals surface area contributed by atoms with E-state index in [1.807, 2.05) is 12.3 Å². The number of ether oxygens (including phenoxy) is 1. The Balaban J connectivity index is 1.78. The summed E-state index contributed by atoms with van der Waals surface area (Å²) in [6.07, 6.45) is 4.24. The molecule has 2 aromatic rings. The van der Waals surface area contributed by atoms with Gasteiger partial charge in [-0.25, -0.2) is 0 Å². The first-order valence-electron chi connectivity index (χ1n) is 7.45. The van der Waals surface area contributed by atoms with E-state index in [1.54, 1.807) is 0 Å².